The van der Waals surface area contributed by atoms with Gasteiger partial charge in [-0.3, -0.25) is 0 Å². The number of rotatable bonds is 7. The molecule has 0 aromatic carbocycles. The fraction of sp³-hybridized carbons (Fsp3) is 0.500. The Bertz CT molecular complexity index is 321. The van der Waals surface area contributed by atoms with Gasteiger partial charge in [-0.1, -0.05) is 0 Å². The predicted molar refractivity (Wildman–Crippen MR) is 48.0 cm³/mol. The van der Waals surface area contributed by atoms with E-state index in [1.165, 1.54) is 0 Å². The van der Waals surface area contributed by atoms with Crippen molar-refractivity contribution in [3.8, 4) is 0 Å². The third-order valence-electron chi connectivity index (χ3n) is 1.36. The molecule has 0 bridgehead atoms. The first-order chi connectivity index (χ1) is 7.88. The van der Waals surface area contributed by atoms with Crippen LogP contribution in [0.25, 0.3) is 0 Å². The lowest BCUT2D eigenvalue weighted by atomic mass is 10.3. The molecule has 0 spiro atoms. The summed E-state index contributed by atoms with van der Waals surface area (Å²) >= 11 is 0. The van der Waals surface area contributed by atoms with Gasteiger partial charge in [-0.05, 0) is 0 Å². The van der Waals surface area contributed by atoms with E-state index in [9.17, 15) is 19.2 Å². The molecule has 0 aliphatic rings. The highest BCUT2D eigenvalue weighted by atomic mass is 16.6. The fourth-order valence-corrected chi connectivity index (χ4v) is 0.682. The van der Waals surface area contributed by atoms with Crippen LogP contribution in [0.15, 0.2) is 0 Å². The third kappa shape index (κ3) is 6.10. The molecular formula is C8H10O9. The Hall–Kier alpha value is -2.16. The molecule has 1 atom stereocenters. The quantitative estimate of drug-likeness (QED) is 0.398. The lowest BCUT2D eigenvalue weighted by Crippen LogP contribution is -2.35. The van der Waals surface area contributed by atoms with Crippen molar-refractivity contribution < 1.29 is 43.6 Å². The van der Waals surface area contributed by atoms with E-state index in [0.717, 1.165) is 7.11 Å². The van der Waals surface area contributed by atoms with Gasteiger partial charge >= 0.3 is 23.9 Å². The number of hydrogen-bond donors (Lipinski definition) is 2. The molecule has 0 heterocycles. The van der Waals surface area contributed by atoms with E-state index in [2.05, 4.69) is 14.2 Å². The molecule has 0 aromatic heterocycles. The van der Waals surface area contributed by atoms with Crippen LogP contribution in [0.3, 0.4) is 0 Å². The Morgan fingerprint density at radius 3 is 2.12 bits per heavy atom. The second-order valence-electron chi connectivity index (χ2n) is 2.61. The molecule has 0 aliphatic carbocycles. The summed E-state index contributed by atoms with van der Waals surface area (Å²) in [6.07, 6.45) is -1.96. The number of aliphatic carboxylic acids is 2. The topological polar surface area (TPSA) is 136 Å². The van der Waals surface area contributed by atoms with E-state index in [1.807, 2.05) is 0 Å². The second-order valence-corrected chi connectivity index (χ2v) is 2.61. The molecule has 96 valence electrons. The maximum atomic E-state index is 10.9. The lowest BCUT2D eigenvalue weighted by Gasteiger charge is -2.10. The first-order valence-corrected chi connectivity index (χ1v) is 4.18. The average molecular weight is 250 g/mol. The van der Waals surface area contributed by atoms with Gasteiger partial charge in [0, 0.05) is 0 Å². The van der Waals surface area contributed by atoms with Gasteiger partial charge in [-0.15, -0.1) is 0 Å². The molecule has 0 saturated carbocycles. The number of esters is 2. The number of carbonyl (C=O) groups is 4. The van der Waals surface area contributed by atoms with Gasteiger partial charge in [0.05, 0.1) is 7.11 Å². The maximum Gasteiger partial charge on any atom is 0.346 e. The molecular weight excluding hydrogens is 240 g/mol. The summed E-state index contributed by atoms with van der Waals surface area (Å²) in [6.45, 7) is -1.75. The van der Waals surface area contributed by atoms with Crippen molar-refractivity contribution in [1.82, 2.24) is 0 Å². The van der Waals surface area contributed by atoms with Gasteiger partial charge in [0.1, 0.15) is 6.61 Å². The number of ether oxygens (including phenoxy) is 3. The van der Waals surface area contributed by atoms with E-state index in [0.29, 0.717) is 0 Å². The first-order valence-electron chi connectivity index (χ1n) is 4.18. The van der Waals surface area contributed by atoms with Gasteiger partial charge in [0.2, 0.25) is 0 Å². The lowest BCUT2D eigenvalue weighted by molar-refractivity contribution is -0.173. The molecule has 0 aliphatic heterocycles. The van der Waals surface area contributed by atoms with Crippen molar-refractivity contribution >= 4 is 23.9 Å². The minimum absolute atomic E-state index is 0.876. The normalized spacial score (nSPS) is 11.4. The largest absolute Gasteiger partial charge is 0.479 e. The molecule has 0 amide bonds. The van der Waals surface area contributed by atoms with E-state index in [-0.39, 0.29) is 0 Å². The zero-order chi connectivity index (χ0) is 13.4. The van der Waals surface area contributed by atoms with Gasteiger partial charge in [0.25, 0.3) is 6.10 Å². The Kier molecular flexibility index (Phi) is 6.26. The Labute approximate surface area is 94.9 Å². The Balaban J connectivity index is 4.13. The van der Waals surface area contributed by atoms with Crippen molar-refractivity contribution in [2.24, 2.45) is 0 Å². The molecule has 2 N–H and O–H groups in total. The number of hydrogen-bond acceptors (Lipinski definition) is 7. The van der Waals surface area contributed by atoms with Crippen molar-refractivity contribution in [3.63, 3.8) is 0 Å². The standard InChI is InChI=1S/C8H10O9/c1-15-8(14)6(7(12)13)17-3-5(11)16-2-4(9)10/h6H,2-3H2,1H3,(H,9,10)(H,12,13)/t6-/m0/s1. The van der Waals surface area contributed by atoms with Crippen LogP contribution in [0.1, 0.15) is 0 Å². The van der Waals surface area contributed by atoms with Crippen molar-refractivity contribution in [3.05, 3.63) is 0 Å². The zero-order valence-electron chi connectivity index (χ0n) is 8.74. The molecule has 0 rings (SSSR count). The Morgan fingerprint density at radius 2 is 1.71 bits per heavy atom. The molecule has 0 saturated heterocycles. The van der Waals surface area contributed by atoms with Gasteiger partial charge in [0.15, 0.2) is 6.61 Å². The predicted octanol–water partition coefficient (Wildman–Crippen LogP) is -1.74. The summed E-state index contributed by atoms with van der Waals surface area (Å²) in [4.78, 5) is 42.2. The summed E-state index contributed by atoms with van der Waals surface area (Å²) in [5.74, 6) is -5.31. The van der Waals surface area contributed by atoms with Crippen LogP contribution in [0.4, 0.5) is 0 Å². The number of carboxylic acid groups (broad SMARTS) is 2. The van der Waals surface area contributed by atoms with Crippen LogP contribution >= 0.6 is 0 Å². The van der Waals surface area contributed by atoms with Crippen molar-refractivity contribution in [2.45, 2.75) is 6.10 Å². The molecule has 0 fully saturated rings. The van der Waals surface area contributed by atoms with E-state index in [1.54, 1.807) is 0 Å². The minimum Gasteiger partial charge on any atom is -0.479 e. The summed E-state index contributed by atoms with van der Waals surface area (Å²) in [5, 5.41) is 16.7. The van der Waals surface area contributed by atoms with Crippen molar-refractivity contribution in [1.29, 1.82) is 0 Å². The van der Waals surface area contributed by atoms with Crippen LogP contribution in [-0.2, 0) is 33.4 Å². The Morgan fingerprint density at radius 1 is 1.12 bits per heavy atom. The molecule has 0 unspecified atom stereocenters. The number of methoxy groups -OCH3 is 1. The molecule has 17 heavy (non-hydrogen) atoms. The van der Waals surface area contributed by atoms with Gasteiger partial charge in [-0.2, -0.15) is 0 Å². The van der Waals surface area contributed by atoms with Crippen molar-refractivity contribution in [2.75, 3.05) is 20.3 Å². The maximum absolute atomic E-state index is 10.9. The van der Waals surface area contributed by atoms with E-state index in [4.69, 9.17) is 10.2 Å². The molecule has 9 nitrogen and oxygen atoms in total. The van der Waals surface area contributed by atoms with Gasteiger partial charge in [-0.25, -0.2) is 19.2 Å². The smallest absolute Gasteiger partial charge is 0.346 e. The summed E-state index contributed by atoms with van der Waals surface area (Å²) < 4.78 is 12.7. The first kappa shape index (κ1) is 14.8. The highest BCUT2D eigenvalue weighted by Crippen LogP contribution is 1.96. The number of carboxylic acids is 2. The van der Waals surface area contributed by atoms with Crippen LogP contribution in [-0.4, -0.2) is 60.5 Å². The highest BCUT2D eigenvalue weighted by molar-refractivity contribution is 5.97. The zero-order valence-corrected chi connectivity index (χ0v) is 8.74. The van der Waals surface area contributed by atoms with Crippen LogP contribution in [0.5, 0.6) is 0 Å². The summed E-state index contributed by atoms with van der Waals surface area (Å²) in [5.41, 5.74) is 0. The minimum atomic E-state index is -1.96. The van der Waals surface area contributed by atoms with E-state index < -0.39 is 43.2 Å². The van der Waals surface area contributed by atoms with E-state index >= 15 is 0 Å². The molecule has 0 aromatic rings. The summed E-state index contributed by atoms with van der Waals surface area (Å²) in [6, 6.07) is 0. The van der Waals surface area contributed by atoms with Crippen LogP contribution in [0, 0.1) is 0 Å². The fourth-order valence-electron chi connectivity index (χ4n) is 0.682. The highest BCUT2D eigenvalue weighted by Gasteiger charge is 2.29. The monoisotopic (exact) mass is 250 g/mol. The average Bonchev–Trinajstić information content (AvgIpc) is 2.25. The van der Waals surface area contributed by atoms with Gasteiger partial charge < -0.3 is 24.4 Å². The molecule has 0 radical (unpaired) electrons. The van der Waals surface area contributed by atoms with Crippen LogP contribution < -0.4 is 0 Å². The summed E-state index contributed by atoms with van der Waals surface area (Å²) in [7, 11) is 0.949. The SMILES string of the molecule is COC(=O)[C@@H](OCC(=O)OCC(=O)O)C(=O)O. The van der Waals surface area contributed by atoms with Crippen LogP contribution in [0.2, 0.25) is 0 Å². The third-order valence-corrected chi connectivity index (χ3v) is 1.36. The molecule has 9 heteroatoms. The second kappa shape index (κ2) is 7.17. The number of carbonyl (C=O) groups excluding carboxylic acids is 2.